The van der Waals surface area contributed by atoms with Crippen LogP contribution in [-0.4, -0.2) is 66.3 Å². The molecular formula is C29H42ClN5O4. The maximum absolute atomic E-state index is 13.4. The highest BCUT2D eigenvalue weighted by molar-refractivity contribution is 5.93. The lowest BCUT2D eigenvalue weighted by Crippen LogP contribution is -2.55. The Bertz CT molecular complexity index is 1140. The molecule has 9 nitrogen and oxygen atoms in total. The highest BCUT2D eigenvalue weighted by atomic mass is 35.5. The summed E-state index contributed by atoms with van der Waals surface area (Å²) in [5.41, 5.74) is 6.47. The van der Waals surface area contributed by atoms with Crippen LogP contribution in [0.3, 0.4) is 0 Å². The molecule has 0 bridgehead atoms. The Kier molecular flexibility index (Phi) is 12.7. The van der Waals surface area contributed by atoms with Crippen molar-refractivity contribution in [1.29, 1.82) is 0 Å². The minimum atomic E-state index is -0.835. The van der Waals surface area contributed by atoms with Gasteiger partial charge >= 0.3 is 0 Å². The SMILES string of the molecule is CCC(CC)C(=O)N1CCCC1C(=O)N[C@H](Cc1ccc2ccccc2c1)C(=O)NCCNC(=O)C(C)N.Cl. The van der Waals surface area contributed by atoms with E-state index in [1.807, 2.05) is 56.3 Å². The van der Waals surface area contributed by atoms with Crippen LogP contribution >= 0.6 is 12.4 Å². The van der Waals surface area contributed by atoms with Crippen molar-refractivity contribution in [3.05, 3.63) is 48.0 Å². The van der Waals surface area contributed by atoms with Crippen LogP contribution in [-0.2, 0) is 25.6 Å². The molecule has 2 aromatic rings. The molecule has 1 aliphatic rings. The van der Waals surface area contributed by atoms with Crippen molar-refractivity contribution >= 4 is 46.8 Å². The summed E-state index contributed by atoms with van der Waals surface area (Å²) in [5.74, 6) is -1.06. The Morgan fingerprint density at radius 1 is 0.974 bits per heavy atom. The third kappa shape index (κ3) is 8.66. The molecule has 3 atom stereocenters. The van der Waals surface area contributed by atoms with Gasteiger partial charge in [0.1, 0.15) is 12.1 Å². The number of carbonyl (C=O) groups is 4. The van der Waals surface area contributed by atoms with E-state index in [0.29, 0.717) is 19.4 Å². The zero-order valence-corrected chi connectivity index (χ0v) is 23.9. The molecule has 1 fully saturated rings. The van der Waals surface area contributed by atoms with Crippen LogP contribution in [0.2, 0.25) is 0 Å². The first-order valence-electron chi connectivity index (χ1n) is 13.6. The summed E-state index contributed by atoms with van der Waals surface area (Å²) in [5, 5.41) is 10.5. The molecule has 0 aliphatic carbocycles. The fourth-order valence-electron chi connectivity index (χ4n) is 4.91. The van der Waals surface area contributed by atoms with E-state index in [0.717, 1.165) is 35.6 Å². The Morgan fingerprint density at radius 2 is 1.62 bits per heavy atom. The van der Waals surface area contributed by atoms with Gasteiger partial charge in [0.15, 0.2) is 0 Å². The second kappa shape index (κ2) is 15.4. The van der Waals surface area contributed by atoms with Crippen molar-refractivity contribution < 1.29 is 19.2 Å². The molecular weight excluding hydrogens is 518 g/mol. The zero-order chi connectivity index (χ0) is 27.7. The Labute approximate surface area is 237 Å². The zero-order valence-electron chi connectivity index (χ0n) is 23.1. The number of hydrogen-bond acceptors (Lipinski definition) is 5. The van der Waals surface area contributed by atoms with E-state index in [-0.39, 0.29) is 55.0 Å². The molecule has 3 rings (SSSR count). The molecule has 1 aliphatic heterocycles. The lowest BCUT2D eigenvalue weighted by atomic mass is 10.00. The van der Waals surface area contributed by atoms with E-state index in [1.165, 1.54) is 0 Å². The first-order valence-corrected chi connectivity index (χ1v) is 13.6. The molecule has 0 spiro atoms. The van der Waals surface area contributed by atoms with Crippen molar-refractivity contribution in [3.63, 3.8) is 0 Å². The topological polar surface area (TPSA) is 134 Å². The van der Waals surface area contributed by atoms with Crippen LogP contribution in [0.4, 0.5) is 0 Å². The average molecular weight is 560 g/mol. The summed E-state index contributed by atoms with van der Waals surface area (Å²) >= 11 is 0. The van der Waals surface area contributed by atoms with Crippen molar-refractivity contribution in [1.82, 2.24) is 20.9 Å². The third-order valence-electron chi connectivity index (χ3n) is 7.20. The molecule has 0 aromatic heterocycles. The number of carbonyl (C=O) groups excluding carboxylic acids is 4. The number of rotatable bonds is 12. The quantitative estimate of drug-likeness (QED) is 0.296. The van der Waals surface area contributed by atoms with Gasteiger partial charge in [-0.3, -0.25) is 19.2 Å². The lowest BCUT2D eigenvalue weighted by molar-refractivity contribution is -0.142. The maximum Gasteiger partial charge on any atom is 0.243 e. The fraction of sp³-hybridized carbons (Fsp3) is 0.517. The van der Waals surface area contributed by atoms with Crippen LogP contribution in [0.5, 0.6) is 0 Å². The van der Waals surface area contributed by atoms with E-state index in [9.17, 15) is 19.2 Å². The standard InChI is InChI=1S/C29H41N5O4.ClH/c1-4-21(5-2)29(38)34-16-8-11-25(34)28(37)33-24(27(36)32-15-14-31-26(35)19(3)30)18-20-12-13-22-9-6-7-10-23(22)17-20;/h6-7,9-10,12-13,17,19,21,24-25H,4-5,8,11,14-16,18,30H2,1-3H3,(H,31,35)(H,32,36)(H,33,37);1H/t19?,24-,25?;/m1./s1. The molecule has 2 aromatic carbocycles. The molecule has 2 unspecified atom stereocenters. The van der Waals surface area contributed by atoms with Gasteiger partial charge in [-0.15, -0.1) is 12.4 Å². The minimum Gasteiger partial charge on any atom is -0.353 e. The lowest BCUT2D eigenvalue weighted by Gasteiger charge is -2.29. The number of benzene rings is 2. The van der Waals surface area contributed by atoms with Crippen LogP contribution in [0.15, 0.2) is 42.5 Å². The second-order valence-corrected chi connectivity index (χ2v) is 10.0. The highest BCUT2D eigenvalue weighted by Crippen LogP contribution is 2.23. The largest absolute Gasteiger partial charge is 0.353 e. The molecule has 39 heavy (non-hydrogen) atoms. The summed E-state index contributed by atoms with van der Waals surface area (Å²) in [6, 6.07) is 11.9. The highest BCUT2D eigenvalue weighted by Gasteiger charge is 2.37. The molecule has 5 N–H and O–H groups in total. The van der Waals surface area contributed by atoms with E-state index < -0.39 is 18.1 Å². The van der Waals surface area contributed by atoms with Gasteiger partial charge < -0.3 is 26.6 Å². The summed E-state index contributed by atoms with van der Waals surface area (Å²) in [7, 11) is 0. The van der Waals surface area contributed by atoms with Gasteiger partial charge in [0, 0.05) is 32.0 Å². The van der Waals surface area contributed by atoms with Crippen LogP contribution in [0, 0.1) is 5.92 Å². The molecule has 1 heterocycles. The summed E-state index contributed by atoms with van der Waals surface area (Å²) in [6.45, 7) is 6.53. The van der Waals surface area contributed by atoms with E-state index in [1.54, 1.807) is 11.8 Å². The first kappa shape index (κ1) is 32.0. The van der Waals surface area contributed by atoms with Gasteiger partial charge in [-0.2, -0.15) is 0 Å². The van der Waals surface area contributed by atoms with Crippen LogP contribution < -0.4 is 21.7 Å². The summed E-state index contributed by atoms with van der Waals surface area (Å²) in [6.07, 6.45) is 3.08. The number of nitrogens with zero attached hydrogens (tertiary/aromatic N) is 1. The molecule has 0 radical (unpaired) electrons. The van der Waals surface area contributed by atoms with Gasteiger partial charge in [-0.05, 0) is 48.9 Å². The molecule has 1 saturated heterocycles. The molecule has 4 amide bonds. The monoisotopic (exact) mass is 559 g/mol. The number of fused-ring (bicyclic) bond motifs is 1. The van der Waals surface area contributed by atoms with Crippen molar-refractivity contribution in [2.24, 2.45) is 11.7 Å². The van der Waals surface area contributed by atoms with Gasteiger partial charge in [0.25, 0.3) is 0 Å². The fourth-order valence-corrected chi connectivity index (χ4v) is 4.91. The van der Waals surface area contributed by atoms with E-state index >= 15 is 0 Å². The van der Waals surface area contributed by atoms with Gasteiger partial charge in [0.2, 0.25) is 23.6 Å². The normalized spacial score (nSPS) is 16.3. The van der Waals surface area contributed by atoms with Gasteiger partial charge in [-0.1, -0.05) is 56.3 Å². The Balaban J connectivity index is 0.00000533. The molecule has 214 valence electrons. The average Bonchev–Trinajstić information content (AvgIpc) is 3.41. The van der Waals surface area contributed by atoms with Crippen molar-refractivity contribution in [2.45, 2.75) is 71.0 Å². The smallest absolute Gasteiger partial charge is 0.243 e. The predicted octanol–water partition coefficient (Wildman–Crippen LogP) is 2.30. The number of amides is 4. The van der Waals surface area contributed by atoms with E-state index in [4.69, 9.17) is 5.73 Å². The third-order valence-corrected chi connectivity index (χ3v) is 7.20. The first-order chi connectivity index (χ1) is 18.2. The van der Waals surface area contributed by atoms with E-state index in [2.05, 4.69) is 16.0 Å². The summed E-state index contributed by atoms with van der Waals surface area (Å²) < 4.78 is 0. The molecule has 0 saturated carbocycles. The minimum absolute atomic E-state index is 0. The summed E-state index contributed by atoms with van der Waals surface area (Å²) in [4.78, 5) is 53.1. The Morgan fingerprint density at radius 3 is 2.26 bits per heavy atom. The predicted molar refractivity (Wildman–Crippen MR) is 155 cm³/mol. The Hall–Kier alpha value is -3.17. The number of halogens is 1. The van der Waals surface area contributed by atoms with Crippen LogP contribution in [0.1, 0.15) is 52.0 Å². The van der Waals surface area contributed by atoms with Crippen molar-refractivity contribution in [2.75, 3.05) is 19.6 Å². The number of nitrogens with two attached hydrogens (primary N) is 1. The van der Waals surface area contributed by atoms with Gasteiger partial charge in [0.05, 0.1) is 6.04 Å². The number of nitrogens with one attached hydrogen (secondary N) is 3. The maximum atomic E-state index is 13.4. The van der Waals surface area contributed by atoms with Crippen molar-refractivity contribution in [3.8, 4) is 0 Å². The number of hydrogen-bond donors (Lipinski definition) is 4. The van der Waals surface area contributed by atoms with Gasteiger partial charge in [-0.25, -0.2) is 0 Å². The molecule has 10 heteroatoms. The number of likely N-dealkylation sites (tertiary alicyclic amines) is 1. The van der Waals surface area contributed by atoms with Crippen LogP contribution in [0.25, 0.3) is 10.8 Å². The second-order valence-electron chi connectivity index (χ2n) is 10.0.